The van der Waals surface area contributed by atoms with Crippen molar-refractivity contribution in [1.29, 1.82) is 0 Å². The first-order valence-electron chi connectivity index (χ1n) is 6.54. The van der Waals surface area contributed by atoms with Crippen LogP contribution in [0.15, 0.2) is 24.3 Å². The maximum Gasteiger partial charge on any atom is 0.488 e. The number of benzene rings is 1. The van der Waals surface area contributed by atoms with Crippen LogP contribution in [0.25, 0.3) is 0 Å². The van der Waals surface area contributed by atoms with Gasteiger partial charge in [0, 0.05) is 13.2 Å². The Hall–Kier alpha value is -1.08. The lowest BCUT2D eigenvalue weighted by Gasteiger charge is -2.22. The van der Waals surface area contributed by atoms with Gasteiger partial charge in [0.2, 0.25) is 0 Å². The number of rotatable bonds is 6. The molecule has 0 amide bonds. The van der Waals surface area contributed by atoms with Gasteiger partial charge in [-0.05, 0) is 30.4 Å². The zero-order valence-electron chi connectivity index (χ0n) is 10.8. The fourth-order valence-corrected chi connectivity index (χ4v) is 1.95. The van der Waals surface area contributed by atoms with Crippen LogP contribution in [-0.4, -0.2) is 49.7 Å². The van der Waals surface area contributed by atoms with Crippen molar-refractivity contribution in [3.63, 3.8) is 0 Å². The first kappa shape index (κ1) is 14.3. The maximum atomic E-state index is 8.96. The summed E-state index contributed by atoms with van der Waals surface area (Å²) in [5.74, 6) is 0.694. The van der Waals surface area contributed by atoms with Crippen LogP contribution in [0.4, 0.5) is 0 Å². The Morgan fingerprint density at radius 1 is 1.11 bits per heavy atom. The van der Waals surface area contributed by atoms with Gasteiger partial charge in [0.1, 0.15) is 12.4 Å². The largest absolute Gasteiger partial charge is 0.491 e. The first-order valence-corrected chi connectivity index (χ1v) is 6.54. The third-order valence-electron chi connectivity index (χ3n) is 3.05. The zero-order chi connectivity index (χ0) is 13.5. The average molecular weight is 266 g/mol. The van der Waals surface area contributed by atoms with E-state index >= 15 is 0 Å². The molecule has 0 saturated carbocycles. The molecule has 0 radical (unpaired) electrons. The van der Waals surface area contributed by atoms with E-state index in [0.717, 1.165) is 26.1 Å². The fourth-order valence-electron chi connectivity index (χ4n) is 1.95. The second kappa shape index (κ2) is 7.50. The molecule has 0 aliphatic carbocycles. The van der Waals surface area contributed by atoms with Gasteiger partial charge in [-0.3, -0.25) is 0 Å². The number of hydrogen-bond donors (Lipinski definition) is 2. The minimum Gasteiger partial charge on any atom is -0.491 e. The van der Waals surface area contributed by atoms with E-state index < -0.39 is 7.12 Å². The van der Waals surface area contributed by atoms with Gasteiger partial charge < -0.3 is 24.3 Å². The molecule has 2 N–H and O–H groups in total. The van der Waals surface area contributed by atoms with Gasteiger partial charge in [0.05, 0.1) is 12.7 Å². The summed E-state index contributed by atoms with van der Waals surface area (Å²) >= 11 is 0. The van der Waals surface area contributed by atoms with E-state index in [1.807, 2.05) is 0 Å². The van der Waals surface area contributed by atoms with E-state index in [1.54, 1.807) is 24.3 Å². The highest BCUT2D eigenvalue weighted by atomic mass is 16.5. The molecule has 1 aromatic carbocycles. The molecular weight excluding hydrogens is 247 g/mol. The molecule has 104 valence electrons. The number of hydrogen-bond acceptors (Lipinski definition) is 5. The summed E-state index contributed by atoms with van der Waals surface area (Å²) in [7, 11) is -1.44. The van der Waals surface area contributed by atoms with E-state index in [0.29, 0.717) is 24.4 Å². The van der Waals surface area contributed by atoms with E-state index in [-0.39, 0.29) is 6.10 Å². The van der Waals surface area contributed by atoms with Crippen LogP contribution in [0.1, 0.15) is 12.8 Å². The van der Waals surface area contributed by atoms with Gasteiger partial charge in [0.15, 0.2) is 0 Å². The molecule has 0 atom stereocenters. The normalized spacial score (nSPS) is 16.3. The smallest absolute Gasteiger partial charge is 0.488 e. The molecule has 5 nitrogen and oxygen atoms in total. The molecule has 1 aliphatic rings. The topological polar surface area (TPSA) is 68.2 Å². The van der Waals surface area contributed by atoms with Gasteiger partial charge in [-0.2, -0.15) is 0 Å². The minimum atomic E-state index is -1.44. The number of ether oxygens (including phenoxy) is 3. The summed E-state index contributed by atoms with van der Waals surface area (Å²) in [4.78, 5) is 0. The van der Waals surface area contributed by atoms with E-state index in [1.165, 1.54) is 0 Å². The third-order valence-corrected chi connectivity index (χ3v) is 3.05. The standard InChI is InChI=1S/C13H19BO5/c15-14(16)11-1-3-12(4-2-11)18-9-10-19-13-5-7-17-8-6-13/h1-4,13,15-16H,5-10H2. The van der Waals surface area contributed by atoms with Crippen LogP contribution in [0.5, 0.6) is 5.75 Å². The molecule has 0 aromatic heterocycles. The van der Waals surface area contributed by atoms with Crippen molar-refractivity contribution in [2.75, 3.05) is 26.4 Å². The summed E-state index contributed by atoms with van der Waals surface area (Å²) in [6.07, 6.45) is 2.18. The molecule has 19 heavy (non-hydrogen) atoms. The first-order chi connectivity index (χ1) is 9.25. The van der Waals surface area contributed by atoms with Crippen molar-refractivity contribution in [2.24, 2.45) is 0 Å². The SMILES string of the molecule is OB(O)c1ccc(OCCOC2CCOCC2)cc1. The Balaban J connectivity index is 1.64. The van der Waals surface area contributed by atoms with Crippen molar-refractivity contribution < 1.29 is 24.3 Å². The molecule has 2 rings (SSSR count). The van der Waals surface area contributed by atoms with Crippen LogP contribution in [0.3, 0.4) is 0 Å². The van der Waals surface area contributed by atoms with Gasteiger partial charge in [-0.1, -0.05) is 12.1 Å². The van der Waals surface area contributed by atoms with Crippen molar-refractivity contribution in [3.8, 4) is 5.75 Å². The molecule has 1 saturated heterocycles. The molecule has 1 aromatic rings. The van der Waals surface area contributed by atoms with Gasteiger partial charge in [-0.25, -0.2) is 0 Å². The maximum absolute atomic E-state index is 8.96. The summed E-state index contributed by atoms with van der Waals surface area (Å²) in [5.41, 5.74) is 0.450. The van der Waals surface area contributed by atoms with Crippen LogP contribution in [0, 0.1) is 0 Å². The Kier molecular flexibility index (Phi) is 5.66. The molecule has 1 fully saturated rings. The quantitative estimate of drug-likeness (QED) is 0.557. The summed E-state index contributed by atoms with van der Waals surface area (Å²) in [6, 6.07) is 6.67. The van der Waals surface area contributed by atoms with Crippen LogP contribution >= 0.6 is 0 Å². The lowest BCUT2D eigenvalue weighted by molar-refractivity contribution is -0.0388. The van der Waals surface area contributed by atoms with Crippen LogP contribution < -0.4 is 10.2 Å². The zero-order valence-corrected chi connectivity index (χ0v) is 10.8. The molecule has 1 heterocycles. The summed E-state index contributed by atoms with van der Waals surface area (Å²) in [6.45, 7) is 2.58. The molecule has 0 bridgehead atoms. The fraction of sp³-hybridized carbons (Fsp3) is 0.538. The highest BCUT2D eigenvalue weighted by molar-refractivity contribution is 6.58. The van der Waals surface area contributed by atoms with E-state index in [2.05, 4.69) is 0 Å². The molecule has 0 unspecified atom stereocenters. The van der Waals surface area contributed by atoms with Crippen LogP contribution in [-0.2, 0) is 9.47 Å². The predicted octanol–water partition coefficient (Wildman–Crippen LogP) is -0.0592. The lowest BCUT2D eigenvalue weighted by atomic mass is 9.80. The predicted molar refractivity (Wildman–Crippen MR) is 71.6 cm³/mol. The summed E-state index contributed by atoms with van der Waals surface area (Å²) < 4.78 is 16.4. The molecule has 0 spiro atoms. The van der Waals surface area contributed by atoms with Gasteiger partial charge in [0.25, 0.3) is 0 Å². The molecule has 1 aliphatic heterocycles. The van der Waals surface area contributed by atoms with E-state index in [9.17, 15) is 0 Å². The lowest BCUT2D eigenvalue weighted by Crippen LogP contribution is -2.29. The molecular formula is C13H19BO5. The highest BCUT2D eigenvalue weighted by Gasteiger charge is 2.13. The minimum absolute atomic E-state index is 0.282. The van der Waals surface area contributed by atoms with Gasteiger partial charge in [-0.15, -0.1) is 0 Å². The second-order valence-corrected chi connectivity index (χ2v) is 4.47. The van der Waals surface area contributed by atoms with Crippen molar-refractivity contribution >= 4 is 12.6 Å². The Morgan fingerprint density at radius 3 is 2.42 bits per heavy atom. The van der Waals surface area contributed by atoms with Crippen molar-refractivity contribution in [3.05, 3.63) is 24.3 Å². The Bertz CT molecular complexity index is 362. The van der Waals surface area contributed by atoms with Crippen molar-refractivity contribution in [1.82, 2.24) is 0 Å². The van der Waals surface area contributed by atoms with Gasteiger partial charge >= 0.3 is 7.12 Å². The summed E-state index contributed by atoms with van der Waals surface area (Å²) in [5, 5.41) is 17.9. The molecule has 6 heteroatoms. The third kappa shape index (κ3) is 4.83. The average Bonchev–Trinajstić information content (AvgIpc) is 2.45. The monoisotopic (exact) mass is 266 g/mol. The van der Waals surface area contributed by atoms with E-state index in [4.69, 9.17) is 24.3 Å². The second-order valence-electron chi connectivity index (χ2n) is 4.47. The Morgan fingerprint density at radius 2 is 1.79 bits per heavy atom. The van der Waals surface area contributed by atoms with Crippen molar-refractivity contribution in [2.45, 2.75) is 18.9 Å². The Labute approximate surface area is 113 Å². The van der Waals surface area contributed by atoms with Crippen LogP contribution in [0.2, 0.25) is 0 Å². The highest BCUT2D eigenvalue weighted by Crippen LogP contribution is 2.11.